The number of carbonyl (C=O) groups is 2. The van der Waals surface area contributed by atoms with Gasteiger partial charge in [-0.25, -0.2) is 5.43 Å². The third-order valence-electron chi connectivity index (χ3n) is 5.65. The van der Waals surface area contributed by atoms with Crippen molar-refractivity contribution in [2.45, 2.75) is 39.2 Å². The topological polar surface area (TPSA) is 92.9 Å². The molecule has 1 unspecified atom stereocenters. The second-order valence-electron chi connectivity index (χ2n) is 8.06. The fraction of sp³-hybridized carbons (Fsp3) is 0.320. The summed E-state index contributed by atoms with van der Waals surface area (Å²) in [4.78, 5) is 25.6. The molecule has 0 saturated heterocycles. The molecular weight excluding hydrogens is 406 g/mol. The minimum absolute atomic E-state index is 0.137. The second-order valence-corrected chi connectivity index (χ2v) is 8.06. The number of aryl methyl sites for hydroxylation is 1. The van der Waals surface area contributed by atoms with Crippen LogP contribution in [0, 0.1) is 6.92 Å². The van der Waals surface area contributed by atoms with Gasteiger partial charge in [0.25, 0.3) is 11.8 Å². The molecule has 0 fully saturated rings. The number of furan rings is 1. The zero-order valence-corrected chi connectivity index (χ0v) is 18.5. The average Bonchev–Trinajstić information content (AvgIpc) is 3.14. The van der Waals surface area contributed by atoms with Crippen molar-refractivity contribution in [2.24, 2.45) is 5.10 Å². The molecule has 0 saturated carbocycles. The van der Waals surface area contributed by atoms with Gasteiger partial charge in [0.1, 0.15) is 5.76 Å². The third kappa shape index (κ3) is 4.29. The van der Waals surface area contributed by atoms with Gasteiger partial charge in [0.2, 0.25) is 0 Å². The van der Waals surface area contributed by atoms with Crippen LogP contribution in [-0.2, 0) is 11.2 Å². The molecule has 3 aromatic rings. The Balaban J connectivity index is 1.58. The number of nitrogens with zero attached hydrogens (tertiary/aromatic N) is 1. The number of benzene rings is 2. The van der Waals surface area contributed by atoms with E-state index in [0.29, 0.717) is 18.6 Å². The Labute approximate surface area is 186 Å². The Hall–Kier alpha value is -3.45. The smallest absolute Gasteiger partial charge is 0.287 e. The van der Waals surface area contributed by atoms with Crippen molar-refractivity contribution in [1.29, 1.82) is 0 Å². The molecule has 2 amide bonds. The maximum Gasteiger partial charge on any atom is 0.287 e. The maximum absolute atomic E-state index is 12.9. The van der Waals surface area contributed by atoms with Crippen LogP contribution in [-0.4, -0.2) is 37.3 Å². The largest absolute Gasteiger partial charge is 0.455 e. The molecule has 4 rings (SSSR count). The van der Waals surface area contributed by atoms with E-state index in [1.807, 2.05) is 50.2 Å². The Morgan fingerprint density at radius 1 is 1.12 bits per heavy atom. The lowest BCUT2D eigenvalue weighted by atomic mass is 9.93. The van der Waals surface area contributed by atoms with E-state index in [1.54, 1.807) is 13.2 Å². The number of hydrogen-bond donors (Lipinski definition) is 2. The molecular formula is C25H27N3O4. The lowest BCUT2D eigenvalue weighted by Crippen LogP contribution is -2.35. The number of rotatable bonds is 6. The van der Waals surface area contributed by atoms with Crippen LogP contribution in [0.4, 0.5) is 0 Å². The normalized spacial score (nSPS) is 15.4. The summed E-state index contributed by atoms with van der Waals surface area (Å²) >= 11 is 0. The van der Waals surface area contributed by atoms with Crippen LogP contribution in [0.15, 0.2) is 52.0 Å². The van der Waals surface area contributed by atoms with Crippen LogP contribution >= 0.6 is 0 Å². The highest BCUT2D eigenvalue weighted by molar-refractivity contribution is 6.09. The van der Waals surface area contributed by atoms with Gasteiger partial charge in [0, 0.05) is 36.3 Å². The first-order chi connectivity index (χ1) is 15.5. The molecule has 1 heterocycles. The van der Waals surface area contributed by atoms with Gasteiger partial charge in [-0.15, -0.1) is 0 Å². The predicted molar refractivity (Wildman–Crippen MR) is 123 cm³/mol. The summed E-state index contributed by atoms with van der Waals surface area (Å²) < 4.78 is 11.0. The van der Waals surface area contributed by atoms with E-state index in [4.69, 9.17) is 9.15 Å². The van der Waals surface area contributed by atoms with E-state index < -0.39 is 0 Å². The average molecular weight is 434 g/mol. The van der Waals surface area contributed by atoms with Gasteiger partial charge < -0.3 is 14.5 Å². The molecule has 0 radical (unpaired) electrons. The first-order valence-electron chi connectivity index (χ1n) is 10.8. The van der Waals surface area contributed by atoms with E-state index in [9.17, 15) is 9.59 Å². The number of hydrazone groups is 1. The summed E-state index contributed by atoms with van der Waals surface area (Å²) in [5.41, 5.74) is 5.56. The monoisotopic (exact) mass is 433 g/mol. The molecule has 1 atom stereocenters. The number of nitrogens with one attached hydrogen (secondary N) is 2. The van der Waals surface area contributed by atoms with E-state index in [0.717, 1.165) is 46.2 Å². The molecule has 1 aliphatic rings. The molecule has 0 aliphatic heterocycles. The summed E-state index contributed by atoms with van der Waals surface area (Å²) in [6, 6.07) is 13.2. The van der Waals surface area contributed by atoms with Crippen LogP contribution in [0.1, 0.15) is 57.6 Å². The zero-order chi connectivity index (χ0) is 22.7. The Morgan fingerprint density at radius 2 is 1.91 bits per heavy atom. The molecule has 166 valence electrons. The first kappa shape index (κ1) is 21.8. The minimum Gasteiger partial charge on any atom is -0.455 e. The van der Waals surface area contributed by atoms with Gasteiger partial charge in [0.15, 0.2) is 5.76 Å². The van der Waals surface area contributed by atoms with Crippen molar-refractivity contribution >= 4 is 28.3 Å². The number of hydrogen-bond acceptors (Lipinski definition) is 5. The van der Waals surface area contributed by atoms with E-state index in [1.165, 1.54) is 0 Å². The highest BCUT2D eigenvalue weighted by Gasteiger charge is 2.28. The summed E-state index contributed by atoms with van der Waals surface area (Å²) in [6.07, 6.45) is 2.27. The van der Waals surface area contributed by atoms with Gasteiger partial charge in [-0.1, -0.05) is 36.4 Å². The lowest BCUT2D eigenvalue weighted by Gasteiger charge is -2.14. The quantitative estimate of drug-likeness (QED) is 0.575. The van der Waals surface area contributed by atoms with Crippen molar-refractivity contribution in [3.63, 3.8) is 0 Å². The van der Waals surface area contributed by atoms with Gasteiger partial charge in [-0.2, -0.15) is 5.10 Å². The fourth-order valence-electron chi connectivity index (χ4n) is 4.18. The zero-order valence-electron chi connectivity index (χ0n) is 18.5. The van der Waals surface area contributed by atoms with Gasteiger partial charge in [-0.05, 0) is 43.5 Å². The standard InChI is InChI=1S/C25H27N3O4/c1-15(14-31-3)26-25(30)23-16(2)22-20(12-7-13-21(22)32-23)27-28-24(29)19-11-6-9-17-8-4-5-10-18(17)19/h4-6,8-11,15H,7,12-14H2,1-3H3,(H,26,30)(H,28,29)/b27-20+. The molecule has 32 heavy (non-hydrogen) atoms. The van der Waals surface area contributed by atoms with Crippen molar-refractivity contribution in [2.75, 3.05) is 13.7 Å². The van der Waals surface area contributed by atoms with Gasteiger partial charge in [0.05, 0.1) is 12.3 Å². The first-order valence-corrected chi connectivity index (χ1v) is 10.8. The SMILES string of the molecule is COCC(C)NC(=O)c1oc2c(c1C)/C(=N/NC(=O)c1cccc3ccccc13)CCC2. The number of amides is 2. The minimum atomic E-state index is -0.277. The van der Waals surface area contributed by atoms with E-state index in [-0.39, 0.29) is 23.6 Å². The van der Waals surface area contributed by atoms with Crippen LogP contribution in [0.2, 0.25) is 0 Å². The Kier molecular flexibility index (Phi) is 6.37. The predicted octanol–water partition coefficient (Wildman–Crippen LogP) is 3.98. The van der Waals surface area contributed by atoms with Crippen LogP contribution in [0.25, 0.3) is 10.8 Å². The van der Waals surface area contributed by atoms with Crippen molar-refractivity contribution in [3.05, 3.63) is 70.7 Å². The summed E-state index contributed by atoms with van der Waals surface area (Å²) in [7, 11) is 1.59. The van der Waals surface area contributed by atoms with Crippen molar-refractivity contribution < 1.29 is 18.7 Å². The molecule has 7 heteroatoms. The van der Waals surface area contributed by atoms with Crippen molar-refractivity contribution in [1.82, 2.24) is 10.7 Å². The lowest BCUT2D eigenvalue weighted by molar-refractivity contribution is 0.0874. The number of ether oxygens (including phenoxy) is 1. The van der Waals surface area contributed by atoms with Crippen LogP contribution < -0.4 is 10.7 Å². The third-order valence-corrected chi connectivity index (χ3v) is 5.65. The number of carbonyl (C=O) groups excluding carboxylic acids is 2. The number of fused-ring (bicyclic) bond motifs is 2. The van der Waals surface area contributed by atoms with Crippen LogP contribution in [0.5, 0.6) is 0 Å². The Bertz CT molecular complexity index is 1190. The van der Waals surface area contributed by atoms with E-state index >= 15 is 0 Å². The molecule has 1 aromatic heterocycles. The fourth-order valence-corrected chi connectivity index (χ4v) is 4.18. The second kappa shape index (κ2) is 9.36. The molecule has 2 N–H and O–H groups in total. The van der Waals surface area contributed by atoms with Gasteiger partial charge in [-0.3, -0.25) is 9.59 Å². The highest BCUT2D eigenvalue weighted by Crippen LogP contribution is 2.30. The van der Waals surface area contributed by atoms with Crippen molar-refractivity contribution in [3.8, 4) is 0 Å². The molecule has 2 aromatic carbocycles. The summed E-state index contributed by atoms with van der Waals surface area (Å²) in [5.74, 6) is 0.471. The maximum atomic E-state index is 12.9. The summed E-state index contributed by atoms with van der Waals surface area (Å²) in [5, 5.41) is 9.19. The van der Waals surface area contributed by atoms with Crippen LogP contribution in [0.3, 0.4) is 0 Å². The van der Waals surface area contributed by atoms with E-state index in [2.05, 4.69) is 15.8 Å². The molecule has 0 spiro atoms. The highest BCUT2D eigenvalue weighted by atomic mass is 16.5. The molecule has 0 bridgehead atoms. The number of methoxy groups -OCH3 is 1. The Morgan fingerprint density at radius 3 is 2.72 bits per heavy atom. The molecule has 1 aliphatic carbocycles. The van der Waals surface area contributed by atoms with Gasteiger partial charge >= 0.3 is 0 Å². The molecule has 7 nitrogen and oxygen atoms in total. The summed E-state index contributed by atoms with van der Waals surface area (Å²) in [6.45, 7) is 4.14.